The molecule has 1 atom stereocenters. The number of hydrogen-bond donors (Lipinski definition) is 1. The highest BCUT2D eigenvalue weighted by atomic mass is 16.5. The smallest absolute Gasteiger partial charge is 0.300 e. The Kier molecular flexibility index (Phi) is 6.92. The fraction of sp³-hybridized carbons (Fsp3) is 0.222. The molecule has 4 rings (SSSR count). The Hall–Kier alpha value is -4.13. The van der Waals surface area contributed by atoms with Crippen LogP contribution in [0, 0.1) is 0 Å². The third-order valence-electron chi connectivity index (χ3n) is 5.42. The van der Waals surface area contributed by atoms with Crippen molar-refractivity contribution in [2.45, 2.75) is 26.3 Å². The number of rotatable bonds is 8. The molecule has 0 aliphatic carbocycles. The fourth-order valence-corrected chi connectivity index (χ4v) is 3.89. The van der Waals surface area contributed by atoms with Crippen LogP contribution in [0.4, 0.5) is 5.69 Å². The minimum atomic E-state index is -0.889. The zero-order valence-corrected chi connectivity index (χ0v) is 19.1. The van der Waals surface area contributed by atoms with Crippen LogP contribution in [-0.2, 0) is 9.59 Å². The molecule has 1 amide bonds. The summed E-state index contributed by atoms with van der Waals surface area (Å²) in [5, 5.41) is 11.2. The van der Waals surface area contributed by atoms with E-state index < -0.39 is 17.7 Å². The topological polar surface area (TPSA) is 89.0 Å². The molecule has 1 N–H and O–H groups in total. The molecule has 1 saturated heterocycles. The SMILES string of the molecule is CCCOc1cccc(/C(O)=C2/C(=O)C(=O)N(c3ccc(OCC)cc3)C2c2ccccn2)c1. The van der Waals surface area contributed by atoms with E-state index in [1.54, 1.807) is 72.9 Å². The van der Waals surface area contributed by atoms with E-state index in [1.165, 1.54) is 4.90 Å². The van der Waals surface area contributed by atoms with Crippen molar-refractivity contribution in [3.05, 3.63) is 89.8 Å². The Bertz CT molecular complexity index is 1210. The van der Waals surface area contributed by atoms with Gasteiger partial charge in [-0.15, -0.1) is 0 Å². The minimum Gasteiger partial charge on any atom is -0.507 e. The van der Waals surface area contributed by atoms with Gasteiger partial charge in [-0.05, 0) is 61.9 Å². The molecule has 7 nitrogen and oxygen atoms in total. The number of pyridine rings is 1. The monoisotopic (exact) mass is 458 g/mol. The third kappa shape index (κ3) is 4.50. The lowest BCUT2D eigenvalue weighted by atomic mass is 9.98. The van der Waals surface area contributed by atoms with Crippen molar-refractivity contribution in [3.8, 4) is 11.5 Å². The summed E-state index contributed by atoms with van der Waals surface area (Å²) in [6.45, 7) is 4.92. The number of anilines is 1. The molecule has 7 heteroatoms. The van der Waals surface area contributed by atoms with Gasteiger partial charge in [0, 0.05) is 17.4 Å². The second-order valence-corrected chi connectivity index (χ2v) is 7.73. The van der Waals surface area contributed by atoms with Gasteiger partial charge in [-0.1, -0.05) is 25.1 Å². The molecular formula is C27H26N2O5. The predicted octanol–water partition coefficient (Wildman–Crippen LogP) is 4.90. The third-order valence-corrected chi connectivity index (χ3v) is 5.42. The van der Waals surface area contributed by atoms with E-state index in [2.05, 4.69) is 4.98 Å². The van der Waals surface area contributed by atoms with Crippen LogP contribution in [0.2, 0.25) is 0 Å². The zero-order chi connectivity index (χ0) is 24.1. The summed E-state index contributed by atoms with van der Waals surface area (Å²) in [5.41, 5.74) is 1.33. The lowest BCUT2D eigenvalue weighted by Crippen LogP contribution is -2.29. The van der Waals surface area contributed by atoms with Crippen LogP contribution in [-0.4, -0.2) is 35.0 Å². The highest BCUT2D eigenvalue weighted by Gasteiger charge is 2.47. The summed E-state index contributed by atoms with van der Waals surface area (Å²) in [4.78, 5) is 32.2. The quantitative estimate of drug-likeness (QED) is 0.294. The normalized spacial score (nSPS) is 17.1. The van der Waals surface area contributed by atoms with Crippen molar-refractivity contribution in [1.29, 1.82) is 0 Å². The van der Waals surface area contributed by atoms with E-state index in [0.29, 0.717) is 41.7 Å². The van der Waals surface area contributed by atoms with Crippen LogP contribution in [0.5, 0.6) is 11.5 Å². The number of aliphatic hydroxyl groups excluding tert-OH is 1. The van der Waals surface area contributed by atoms with E-state index in [9.17, 15) is 14.7 Å². The lowest BCUT2D eigenvalue weighted by Gasteiger charge is -2.24. The number of carbonyl (C=O) groups excluding carboxylic acids is 2. The number of carbonyl (C=O) groups is 2. The van der Waals surface area contributed by atoms with E-state index in [1.807, 2.05) is 13.8 Å². The molecule has 2 aromatic carbocycles. The Balaban J connectivity index is 1.83. The fourth-order valence-electron chi connectivity index (χ4n) is 3.89. The molecule has 1 aliphatic rings. The average molecular weight is 459 g/mol. The van der Waals surface area contributed by atoms with Crippen molar-refractivity contribution in [2.24, 2.45) is 0 Å². The van der Waals surface area contributed by atoms with Gasteiger partial charge < -0.3 is 14.6 Å². The van der Waals surface area contributed by atoms with Crippen LogP contribution in [0.3, 0.4) is 0 Å². The largest absolute Gasteiger partial charge is 0.507 e. The Morgan fingerprint density at radius 2 is 1.76 bits per heavy atom. The van der Waals surface area contributed by atoms with Gasteiger partial charge in [0.25, 0.3) is 11.7 Å². The number of nitrogens with zero attached hydrogens (tertiary/aromatic N) is 2. The second kappa shape index (κ2) is 10.2. The minimum absolute atomic E-state index is 0.0229. The number of Topliss-reactive ketones (excluding diaryl/α,β-unsaturated/α-hetero) is 1. The van der Waals surface area contributed by atoms with Crippen molar-refractivity contribution < 1.29 is 24.2 Å². The number of aliphatic hydroxyl groups is 1. The Labute approximate surface area is 198 Å². The van der Waals surface area contributed by atoms with E-state index in [-0.39, 0.29) is 11.3 Å². The second-order valence-electron chi connectivity index (χ2n) is 7.73. The van der Waals surface area contributed by atoms with E-state index >= 15 is 0 Å². The summed E-state index contributed by atoms with van der Waals surface area (Å²) < 4.78 is 11.2. The summed E-state index contributed by atoms with van der Waals surface area (Å²) in [5.74, 6) is -0.562. The molecule has 1 aromatic heterocycles. The molecule has 0 spiro atoms. The summed E-state index contributed by atoms with van der Waals surface area (Å²) in [7, 11) is 0. The van der Waals surface area contributed by atoms with Gasteiger partial charge in [-0.2, -0.15) is 0 Å². The first kappa shape index (κ1) is 23.0. The Morgan fingerprint density at radius 1 is 0.971 bits per heavy atom. The molecule has 2 heterocycles. The van der Waals surface area contributed by atoms with Crippen molar-refractivity contribution in [2.75, 3.05) is 18.1 Å². The summed E-state index contributed by atoms with van der Waals surface area (Å²) in [6, 6.07) is 18.1. The van der Waals surface area contributed by atoms with E-state index in [4.69, 9.17) is 9.47 Å². The number of aromatic nitrogens is 1. The first-order chi connectivity index (χ1) is 16.5. The first-order valence-electron chi connectivity index (χ1n) is 11.2. The standard InChI is InChI=1S/C27H26N2O5/c1-3-16-34-21-9-7-8-18(17-21)25(30)23-24(22-10-5-6-15-28-22)29(27(32)26(23)31)19-11-13-20(14-12-19)33-4-2/h5-15,17,24,30H,3-4,16H2,1-2H3/b25-23-. The molecule has 1 aliphatic heterocycles. The van der Waals surface area contributed by atoms with Gasteiger partial charge in [0.1, 0.15) is 23.3 Å². The molecule has 1 fully saturated rings. The van der Waals surface area contributed by atoms with Crippen LogP contribution in [0.25, 0.3) is 5.76 Å². The van der Waals surface area contributed by atoms with Gasteiger partial charge in [-0.3, -0.25) is 19.5 Å². The van der Waals surface area contributed by atoms with Crippen molar-refractivity contribution >= 4 is 23.1 Å². The predicted molar refractivity (Wildman–Crippen MR) is 129 cm³/mol. The molecule has 0 radical (unpaired) electrons. The number of hydrogen-bond acceptors (Lipinski definition) is 6. The maximum atomic E-state index is 13.2. The van der Waals surface area contributed by atoms with Crippen LogP contribution >= 0.6 is 0 Å². The lowest BCUT2D eigenvalue weighted by molar-refractivity contribution is -0.132. The molecular weight excluding hydrogens is 432 g/mol. The molecule has 1 unspecified atom stereocenters. The van der Waals surface area contributed by atoms with Gasteiger partial charge in [0.2, 0.25) is 0 Å². The van der Waals surface area contributed by atoms with Gasteiger partial charge in [-0.25, -0.2) is 0 Å². The maximum absolute atomic E-state index is 13.2. The highest BCUT2D eigenvalue weighted by Crippen LogP contribution is 2.42. The Morgan fingerprint density at radius 3 is 2.44 bits per heavy atom. The number of amides is 1. The summed E-state index contributed by atoms with van der Waals surface area (Å²) >= 11 is 0. The number of ether oxygens (including phenoxy) is 2. The van der Waals surface area contributed by atoms with Crippen molar-refractivity contribution in [1.82, 2.24) is 4.98 Å². The molecule has 34 heavy (non-hydrogen) atoms. The van der Waals surface area contributed by atoms with Gasteiger partial charge in [0.05, 0.1) is 24.5 Å². The van der Waals surface area contributed by atoms with Crippen LogP contribution < -0.4 is 14.4 Å². The van der Waals surface area contributed by atoms with E-state index in [0.717, 1.165) is 6.42 Å². The van der Waals surface area contributed by atoms with Crippen LogP contribution in [0.15, 0.2) is 78.5 Å². The molecule has 174 valence electrons. The molecule has 0 bridgehead atoms. The van der Waals surface area contributed by atoms with Crippen LogP contribution in [0.1, 0.15) is 37.6 Å². The maximum Gasteiger partial charge on any atom is 0.300 e. The summed E-state index contributed by atoms with van der Waals surface area (Å²) in [6.07, 6.45) is 2.43. The van der Waals surface area contributed by atoms with Crippen molar-refractivity contribution in [3.63, 3.8) is 0 Å². The first-order valence-corrected chi connectivity index (χ1v) is 11.2. The average Bonchev–Trinajstić information content (AvgIpc) is 3.14. The molecule has 3 aromatic rings. The number of benzene rings is 2. The number of ketones is 1. The molecule has 0 saturated carbocycles. The van der Waals surface area contributed by atoms with Gasteiger partial charge >= 0.3 is 0 Å². The van der Waals surface area contributed by atoms with Gasteiger partial charge in [0.15, 0.2) is 0 Å². The highest BCUT2D eigenvalue weighted by molar-refractivity contribution is 6.51. The zero-order valence-electron chi connectivity index (χ0n) is 19.1.